The van der Waals surface area contributed by atoms with E-state index < -0.39 is 28.5 Å². The molecule has 5 rings (SSSR count). The predicted molar refractivity (Wildman–Crippen MR) is 145 cm³/mol. The normalized spacial score (nSPS) is 19.6. The minimum atomic E-state index is -1.54. The van der Waals surface area contributed by atoms with Gasteiger partial charge in [-0.2, -0.15) is 0 Å². The standard InChI is InChI=1S/C30H31N3O6/c1-14(2)29-32-18-9-7-8-10-19(18)33(29)12-11-31-16(4)22-20(35)13-21-30(6,28(22)38)24-26(37)15(3)25(36)23(17(5)34)27(24)39-21/h7-10,13-14,31,36-37H,11-12H2,1-6H3/t30-/m0/s1. The number of para-hydroxylation sites is 2. The van der Waals surface area contributed by atoms with Crippen LogP contribution in [0.3, 0.4) is 0 Å². The van der Waals surface area contributed by atoms with E-state index in [2.05, 4.69) is 23.7 Å². The van der Waals surface area contributed by atoms with Gasteiger partial charge in [0.05, 0.1) is 22.2 Å². The molecule has 1 aliphatic heterocycles. The van der Waals surface area contributed by atoms with E-state index in [0.717, 1.165) is 16.9 Å². The van der Waals surface area contributed by atoms with Crippen molar-refractivity contribution in [1.82, 2.24) is 14.9 Å². The predicted octanol–water partition coefficient (Wildman–Crippen LogP) is 4.33. The maximum absolute atomic E-state index is 14.0. The lowest BCUT2D eigenvalue weighted by Gasteiger charge is -2.29. The van der Waals surface area contributed by atoms with E-state index in [4.69, 9.17) is 9.72 Å². The van der Waals surface area contributed by atoms with Crippen LogP contribution in [0.1, 0.15) is 67.8 Å². The lowest BCUT2D eigenvalue weighted by atomic mass is 9.70. The Morgan fingerprint density at radius 1 is 1.15 bits per heavy atom. The van der Waals surface area contributed by atoms with Crippen molar-refractivity contribution < 1.29 is 29.3 Å². The number of aromatic nitrogens is 2. The third kappa shape index (κ3) is 3.75. The molecule has 9 nitrogen and oxygen atoms in total. The number of hydrogen-bond acceptors (Lipinski definition) is 8. The Morgan fingerprint density at radius 3 is 2.51 bits per heavy atom. The van der Waals surface area contributed by atoms with Crippen molar-refractivity contribution in [1.29, 1.82) is 0 Å². The summed E-state index contributed by atoms with van der Waals surface area (Å²) in [6.45, 7) is 11.1. The number of imidazole rings is 1. The lowest BCUT2D eigenvalue weighted by Crippen LogP contribution is -2.41. The Bertz CT molecular complexity index is 1660. The number of hydrogen-bond donors (Lipinski definition) is 3. The molecule has 39 heavy (non-hydrogen) atoms. The van der Waals surface area contributed by atoms with Gasteiger partial charge in [0.25, 0.3) is 0 Å². The summed E-state index contributed by atoms with van der Waals surface area (Å²) in [5, 5.41) is 24.7. The number of fused-ring (bicyclic) bond motifs is 4. The van der Waals surface area contributed by atoms with Crippen molar-refractivity contribution in [2.24, 2.45) is 0 Å². The third-order valence-corrected chi connectivity index (χ3v) is 7.69. The van der Waals surface area contributed by atoms with Crippen molar-refractivity contribution >= 4 is 28.4 Å². The van der Waals surface area contributed by atoms with E-state index in [-0.39, 0.29) is 45.4 Å². The Morgan fingerprint density at radius 2 is 1.85 bits per heavy atom. The molecular weight excluding hydrogens is 498 g/mol. The highest BCUT2D eigenvalue weighted by molar-refractivity contribution is 6.31. The Kier molecular flexibility index (Phi) is 6.13. The van der Waals surface area contributed by atoms with Crippen molar-refractivity contribution in [2.45, 2.75) is 59.4 Å². The van der Waals surface area contributed by atoms with E-state index in [1.807, 2.05) is 24.3 Å². The summed E-state index contributed by atoms with van der Waals surface area (Å²) in [6.07, 6.45) is 1.22. The molecule has 2 aromatic carbocycles. The maximum Gasteiger partial charge on any atom is 0.194 e. The van der Waals surface area contributed by atoms with Crippen molar-refractivity contribution in [3.05, 3.63) is 69.9 Å². The fraction of sp³-hybridized carbons (Fsp3) is 0.333. The number of carbonyl (C=O) groups excluding carboxylic acids is 3. The van der Waals surface area contributed by atoms with Crippen molar-refractivity contribution in [3.63, 3.8) is 0 Å². The van der Waals surface area contributed by atoms with Gasteiger partial charge in [0, 0.05) is 36.3 Å². The monoisotopic (exact) mass is 529 g/mol. The van der Waals surface area contributed by atoms with Crippen molar-refractivity contribution in [3.8, 4) is 17.2 Å². The number of Topliss-reactive ketones (excluding diaryl/α,β-unsaturated/α-hetero) is 2. The molecule has 202 valence electrons. The molecule has 0 bridgehead atoms. The van der Waals surface area contributed by atoms with Gasteiger partial charge < -0.3 is 24.8 Å². The van der Waals surface area contributed by atoms with Crippen molar-refractivity contribution in [2.75, 3.05) is 6.54 Å². The summed E-state index contributed by atoms with van der Waals surface area (Å²) in [7, 11) is 0. The summed E-state index contributed by atoms with van der Waals surface area (Å²) in [6, 6.07) is 7.90. The SMILES string of the molecule is CC(=O)c1c(O)c(C)c(O)c2c1OC1=CC(=O)C(=C(C)NCCn3c(C(C)C)nc4ccccc43)C(=O)[C@@]12C. The minimum absolute atomic E-state index is 0.0123. The first-order valence-corrected chi connectivity index (χ1v) is 12.9. The molecule has 2 heterocycles. The fourth-order valence-electron chi connectivity index (χ4n) is 5.58. The third-order valence-electron chi connectivity index (χ3n) is 7.69. The van der Waals surface area contributed by atoms with Gasteiger partial charge in [-0.3, -0.25) is 14.4 Å². The van der Waals surface area contributed by atoms with Gasteiger partial charge >= 0.3 is 0 Å². The highest BCUT2D eigenvalue weighted by Gasteiger charge is 2.56. The zero-order valence-electron chi connectivity index (χ0n) is 22.8. The average Bonchev–Trinajstić information content (AvgIpc) is 3.39. The van der Waals surface area contributed by atoms with Crippen LogP contribution < -0.4 is 10.1 Å². The zero-order valence-corrected chi connectivity index (χ0v) is 22.8. The molecule has 1 atom stereocenters. The highest BCUT2D eigenvalue weighted by atomic mass is 16.5. The van der Waals surface area contributed by atoms with Gasteiger partial charge in [0.1, 0.15) is 39.8 Å². The minimum Gasteiger partial charge on any atom is -0.507 e. The highest BCUT2D eigenvalue weighted by Crippen LogP contribution is 2.57. The van der Waals surface area contributed by atoms with Gasteiger partial charge in [-0.05, 0) is 39.8 Å². The largest absolute Gasteiger partial charge is 0.507 e. The number of phenols is 2. The first kappa shape index (κ1) is 26.2. The van der Waals surface area contributed by atoms with Crippen LogP contribution in [0.15, 0.2) is 47.4 Å². The van der Waals surface area contributed by atoms with E-state index in [9.17, 15) is 24.6 Å². The molecule has 3 N–H and O–H groups in total. The average molecular weight is 530 g/mol. The number of allylic oxidation sites excluding steroid dienone is 4. The van der Waals surface area contributed by atoms with Crippen LogP contribution in [0.5, 0.6) is 17.2 Å². The molecule has 0 saturated carbocycles. The van der Waals surface area contributed by atoms with Crippen LogP contribution in [-0.4, -0.2) is 43.7 Å². The van der Waals surface area contributed by atoms with Crippen LogP contribution in [-0.2, 0) is 21.5 Å². The van der Waals surface area contributed by atoms with Crippen LogP contribution in [0.2, 0.25) is 0 Å². The lowest BCUT2D eigenvalue weighted by molar-refractivity contribution is -0.123. The van der Waals surface area contributed by atoms with Crippen LogP contribution in [0.25, 0.3) is 11.0 Å². The second-order valence-electron chi connectivity index (χ2n) is 10.6. The molecular formula is C30H31N3O6. The molecule has 0 unspecified atom stereocenters. The summed E-state index contributed by atoms with van der Waals surface area (Å²) in [5.41, 5.74) is 0.718. The molecule has 0 amide bonds. The van der Waals surface area contributed by atoms with Gasteiger partial charge in [-0.1, -0.05) is 26.0 Å². The number of aromatic hydroxyl groups is 2. The van der Waals surface area contributed by atoms with E-state index in [1.54, 1.807) is 13.8 Å². The number of rotatable bonds is 6. The molecule has 1 aliphatic carbocycles. The molecule has 1 aromatic heterocycles. The molecule has 0 saturated heterocycles. The smallest absolute Gasteiger partial charge is 0.194 e. The Hall–Kier alpha value is -4.40. The number of ketones is 3. The number of carbonyl (C=O) groups is 3. The first-order valence-electron chi connectivity index (χ1n) is 12.9. The Labute approximate surface area is 225 Å². The molecule has 0 spiro atoms. The molecule has 2 aliphatic rings. The van der Waals surface area contributed by atoms with Crippen LogP contribution in [0, 0.1) is 6.92 Å². The van der Waals surface area contributed by atoms with Gasteiger partial charge in [-0.15, -0.1) is 0 Å². The second-order valence-corrected chi connectivity index (χ2v) is 10.6. The molecule has 0 fully saturated rings. The second kappa shape index (κ2) is 9.11. The number of benzene rings is 2. The first-order chi connectivity index (χ1) is 18.4. The topological polar surface area (TPSA) is 131 Å². The number of nitrogens with one attached hydrogen (secondary N) is 1. The molecule has 0 radical (unpaired) electrons. The quantitative estimate of drug-likeness (QED) is 0.244. The number of ether oxygens (including phenoxy) is 1. The molecule has 9 heteroatoms. The maximum atomic E-state index is 14.0. The summed E-state index contributed by atoms with van der Waals surface area (Å²) < 4.78 is 7.96. The van der Waals surface area contributed by atoms with Gasteiger partial charge in [0.15, 0.2) is 17.3 Å². The van der Waals surface area contributed by atoms with E-state index in [0.29, 0.717) is 18.8 Å². The summed E-state index contributed by atoms with van der Waals surface area (Å²) >= 11 is 0. The van der Waals surface area contributed by atoms with E-state index >= 15 is 0 Å². The summed E-state index contributed by atoms with van der Waals surface area (Å²) in [4.78, 5) is 44.3. The number of nitrogens with zero attached hydrogens (tertiary/aromatic N) is 2. The zero-order chi connectivity index (χ0) is 28.4. The van der Waals surface area contributed by atoms with Gasteiger partial charge in [0.2, 0.25) is 0 Å². The van der Waals surface area contributed by atoms with Gasteiger partial charge in [-0.25, -0.2) is 4.98 Å². The fourth-order valence-corrected chi connectivity index (χ4v) is 5.58. The van der Waals surface area contributed by atoms with E-state index in [1.165, 1.54) is 19.9 Å². The molecule has 3 aromatic rings. The number of phenolic OH excluding ortho intramolecular Hbond substituents is 2. The van der Waals surface area contributed by atoms with Crippen LogP contribution in [0.4, 0.5) is 0 Å². The Balaban J connectivity index is 1.51. The van der Waals surface area contributed by atoms with Crippen LogP contribution >= 0.6 is 0 Å². The summed E-state index contributed by atoms with van der Waals surface area (Å²) in [5.74, 6) is -1.28.